The van der Waals surface area contributed by atoms with E-state index in [-0.39, 0.29) is 11.6 Å². The van der Waals surface area contributed by atoms with Crippen molar-refractivity contribution in [3.05, 3.63) is 30.3 Å². The predicted molar refractivity (Wildman–Crippen MR) is 55.7 cm³/mol. The summed E-state index contributed by atoms with van der Waals surface area (Å²) in [5.74, 6) is -1.86. The van der Waals surface area contributed by atoms with Crippen LogP contribution in [0.2, 0.25) is 0 Å². The van der Waals surface area contributed by atoms with E-state index in [4.69, 9.17) is 9.84 Å². The van der Waals surface area contributed by atoms with Crippen molar-refractivity contribution in [2.75, 3.05) is 6.61 Å². The minimum atomic E-state index is -1.16. The van der Waals surface area contributed by atoms with Gasteiger partial charge < -0.3 is 15.1 Å². The first kappa shape index (κ1) is 11.8. The summed E-state index contributed by atoms with van der Waals surface area (Å²) >= 11 is 0. The third-order valence-electron chi connectivity index (χ3n) is 2.04. The summed E-state index contributed by atoms with van der Waals surface area (Å²) in [6.07, 6.45) is 1.21. The molecule has 0 fully saturated rings. The smallest absolute Gasteiger partial charge is 0.341 e. The van der Waals surface area contributed by atoms with Crippen LogP contribution in [-0.4, -0.2) is 37.8 Å². The van der Waals surface area contributed by atoms with Crippen molar-refractivity contribution in [3.63, 3.8) is 0 Å². The first-order chi connectivity index (χ1) is 8.56. The van der Waals surface area contributed by atoms with E-state index < -0.39 is 18.5 Å². The second-order valence-corrected chi connectivity index (χ2v) is 3.31. The molecule has 0 aliphatic carbocycles. The Hall–Kier alpha value is -2.64. The van der Waals surface area contributed by atoms with Crippen LogP contribution in [-0.2, 0) is 4.79 Å². The zero-order valence-electron chi connectivity index (χ0n) is 8.95. The van der Waals surface area contributed by atoms with Gasteiger partial charge in [-0.1, -0.05) is 9.94 Å². The average Bonchev–Trinajstić information content (AvgIpc) is 2.69. The van der Waals surface area contributed by atoms with Crippen LogP contribution in [0.4, 0.5) is 4.39 Å². The molecule has 0 saturated heterocycles. The van der Waals surface area contributed by atoms with Crippen LogP contribution in [0, 0.1) is 5.95 Å². The second-order valence-electron chi connectivity index (χ2n) is 3.31. The number of pyridine rings is 1. The van der Waals surface area contributed by atoms with Gasteiger partial charge in [0.05, 0.1) is 0 Å². The molecule has 0 unspecified atom stereocenters. The van der Waals surface area contributed by atoms with E-state index in [1.54, 1.807) is 0 Å². The van der Waals surface area contributed by atoms with Crippen molar-refractivity contribution in [3.8, 4) is 17.1 Å². The van der Waals surface area contributed by atoms with Crippen LogP contribution < -0.4 is 4.74 Å². The fraction of sp³-hybridized carbons (Fsp3) is 0.100. The zero-order chi connectivity index (χ0) is 13.1. The lowest BCUT2D eigenvalue weighted by molar-refractivity contribution is -0.139. The van der Waals surface area contributed by atoms with Crippen molar-refractivity contribution in [2.24, 2.45) is 0 Å². The van der Waals surface area contributed by atoms with Crippen LogP contribution >= 0.6 is 0 Å². The molecular formula is C10H8FN3O4. The summed E-state index contributed by atoms with van der Waals surface area (Å²) in [5, 5.41) is 21.4. The molecule has 7 nitrogen and oxygen atoms in total. The Balaban J connectivity index is 2.23. The molecule has 94 valence electrons. The molecule has 2 heterocycles. The molecule has 2 aromatic heterocycles. The number of ether oxygens (including phenoxy) is 1. The van der Waals surface area contributed by atoms with Gasteiger partial charge in [-0.3, -0.25) is 0 Å². The number of nitrogens with zero attached hydrogens (tertiary/aromatic N) is 3. The molecule has 0 radical (unpaired) electrons. The standard InChI is InChI=1S/C10H8FN3O4/c11-8-2-1-6(4-12-8)7-3-9(13-14(7)17)18-5-10(15)16/h1-4,17H,5H2,(H,15,16). The molecule has 8 heteroatoms. The molecule has 0 aromatic carbocycles. The highest BCUT2D eigenvalue weighted by molar-refractivity contribution is 5.68. The summed E-state index contributed by atoms with van der Waals surface area (Å²) in [7, 11) is 0. The van der Waals surface area contributed by atoms with E-state index >= 15 is 0 Å². The van der Waals surface area contributed by atoms with E-state index in [0.717, 1.165) is 6.07 Å². The van der Waals surface area contributed by atoms with Crippen molar-refractivity contribution in [2.45, 2.75) is 0 Å². The van der Waals surface area contributed by atoms with Crippen molar-refractivity contribution in [1.29, 1.82) is 0 Å². The number of aromatic nitrogens is 3. The molecule has 18 heavy (non-hydrogen) atoms. The van der Waals surface area contributed by atoms with E-state index in [9.17, 15) is 14.4 Å². The molecule has 0 bridgehead atoms. The number of hydrogen-bond acceptors (Lipinski definition) is 5. The number of hydrogen-bond donors (Lipinski definition) is 2. The fourth-order valence-corrected chi connectivity index (χ4v) is 1.28. The topological polar surface area (TPSA) is 97.5 Å². The number of aliphatic carboxylic acids is 1. The first-order valence-electron chi connectivity index (χ1n) is 4.82. The number of rotatable bonds is 4. The lowest BCUT2D eigenvalue weighted by Gasteiger charge is -1.97. The fourth-order valence-electron chi connectivity index (χ4n) is 1.28. The van der Waals surface area contributed by atoms with Gasteiger partial charge in [-0.25, -0.2) is 9.78 Å². The van der Waals surface area contributed by atoms with Gasteiger partial charge in [0, 0.05) is 17.8 Å². The lowest BCUT2D eigenvalue weighted by Crippen LogP contribution is -2.09. The normalized spacial score (nSPS) is 10.3. The van der Waals surface area contributed by atoms with Gasteiger partial charge in [0.1, 0.15) is 5.69 Å². The highest BCUT2D eigenvalue weighted by atomic mass is 19.1. The van der Waals surface area contributed by atoms with Gasteiger partial charge in [-0.05, 0) is 12.1 Å². The summed E-state index contributed by atoms with van der Waals surface area (Å²) in [4.78, 5) is 14.2. The average molecular weight is 253 g/mol. The highest BCUT2D eigenvalue weighted by Crippen LogP contribution is 2.22. The maximum atomic E-state index is 12.6. The highest BCUT2D eigenvalue weighted by Gasteiger charge is 2.11. The van der Waals surface area contributed by atoms with Gasteiger partial charge in [0.25, 0.3) is 0 Å². The van der Waals surface area contributed by atoms with Gasteiger partial charge in [-0.15, -0.1) is 0 Å². The van der Waals surface area contributed by atoms with E-state index in [0.29, 0.717) is 10.4 Å². The third kappa shape index (κ3) is 2.54. The Morgan fingerprint density at radius 1 is 1.50 bits per heavy atom. The molecule has 0 atom stereocenters. The largest absolute Gasteiger partial charge is 0.479 e. The third-order valence-corrected chi connectivity index (χ3v) is 2.04. The Morgan fingerprint density at radius 3 is 2.89 bits per heavy atom. The number of carboxylic acid groups (broad SMARTS) is 1. The molecule has 2 aromatic rings. The Bertz CT molecular complexity index is 567. The van der Waals surface area contributed by atoms with E-state index in [1.165, 1.54) is 18.3 Å². The molecule has 2 N–H and O–H groups in total. The SMILES string of the molecule is O=C(O)COc1cc(-c2ccc(F)nc2)n(O)n1. The summed E-state index contributed by atoms with van der Waals surface area (Å²) in [6.45, 7) is -0.571. The minimum absolute atomic E-state index is 0.0563. The Labute approximate surface area is 100 Å². The quantitative estimate of drug-likeness (QED) is 0.617. The molecule has 0 aliphatic heterocycles. The van der Waals surface area contributed by atoms with Crippen LogP contribution in [0.3, 0.4) is 0 Å². The first-order valence-corrected chi connectivity index (χ1v) is 4.82. The van der Waals surface area contributed by atoms with Gasteiger partial charge in [-0.2, -0.15) is 4.39 Å². The van der Waals surface area contributed by atoms with Gasteiger partial charge in [0.15, 0.2) is 6.61 Å². The van der Waals surface area contributed by atoms with E-state index in [1.807, 2.05) is 0 Å². The van der Waals surface area contributed by atoms with Crippen LogP contribution in [0.5, 0.6) is 5.88 Å². The summed E-state index contributed by atoms with van der Waals surface area (Å²) in [6, 6.07) is 3.84. The Morgan fingerprint density at radius 2 is 2.28 bits per heavy atom. The molecule has 0 saturated carbocycles. The monoisotopic (exact) mass is 253 g/mol. The molecule has 0 amide bonds. The van der Waals surface area contributed by atoms with E-state index in [2.05, 4.69) is 10.1 Å². The molecule has 0 aliphatic rings. The molecule has 2 rings (SSSR count). The number of carbonyl (C=O) groups is 1. The van der Waals surface area contributed by atoms with Crippen molar-refractivity contribution >= 4 is 5.97 Å². The van der Waals surface area contributed by atoms with Crippen LogP contribution in [0.25, 0.3) is 11.3 Å². The maximum absolute atomic E-state index is 12.6. The van der Waals surface area contributed by atoms with Crippen molar-refractivity contribution < 1.29 is 24.2 Å². The second kappa shape index (κ2) is 4.70. The van der Waals surface area contributed by atoms with Gasteiger partial charge in [0.2, 0.25) is 11.8 Å². The maximum Gasteiger partial charge on any atom is 0.341 e. The van der Waals surface area contributed by atoms with Gasteiger partial charge >= 0.3 is 5.97 Å². The summed E-state index contributed by atoms with van der Waals surface area (Å²) < 4.78 is 17.4. The minimum Gasteiger partial charge on any atom is -0.479 e. The lowest BCUT2D eigenvalue weighted by atomic mass is 10.2. The molecular weight excluding hydrogens is 245 g/mol. The van der Waals surface area contributed by atoms with Crippen molar-refractivity contribution in [1.82, 2.24) is 14.9 Å². The Kier molecular flexibility index (Phi) is 3.09. The van der Waals surface area contributed by atoms with Crippen LogP contribution in [0.1, 0.15) is 0 Å². The summed E-state index contributed by atoms with van der Waals surface area (Å²) in [5.41, 5.74) is 0.625. The predicted octanol–water partition coefficient (Wildman–Crippen LogP) is 0.785. The van der Waals surface area contributed by atoms with Crippen LogP contribution in [0.15, 0.2) is 24.4 Å². The number of carboxylic acids is 1. The molecule has 0 spiro atoms. The number of halogens is 1. The zero-order valence-corrected chi connectivity index (χ0v) is 8.95.